The Bertz CT molecular complexity index is 250. The fraction of sp³-hybridized carbons (Fsp3) is 0.250. The van der Waals surface area contributed by atoms with Gasteiger partial charge < -0.3 is 0 Å². The predicted molar refractivity (Wildman–Crippen MR) is 48.4 cm³/mol. The van der Waals surface area contributed by atoms with E-state index in [0.717, 1.165) is 10.0 Å². The van der Waals surface area contributed by atoms with Crippen molar-refractivity contribution in [3.63, 3.8) is 0 Å². The lowest BCUT2D eigenvalue weighted by molar-refractivity contribution is 0.614. The molecule has 0 heterocycles. The molecule has 11 heavy (non-hydrogen) atoms. The van der Waals surface area contributed by atoms with E-state index in [-0.39, 0.29) is 11.7 Å². The zero-order valence-corrected chi connectivity index (χ0v) is 8.34. The van der Waals surface area contributed by atoms with Crippen LogP contribution in [0.1, 0.15) is 11.1 Å². The standard InChI is InChI=1S/C8H7BrClF/c1-5-2-7(9)6(4-10)8(11)3-5/h2-3H,4H2,1H3. The normalized spacial score (nSPS) is 10.2. The van der Waals surface area contributed by atoms with Gasteiger partial charge in [-0.25, -0.2) is 4.39 Å². The van der Waals surface area contributed by atoms with Gasteiger partial charge in [0.25, 0.3) is 0 Å². The molecule has 0 saturated heterocycles. The second-order valence-corrected chi connectivity index (χ2v) is 3.46. The first-order chi connectivity index (χ1) is 5.15. The van der Waals surface area contributed by atoms with Gasteiger partial charge in [-0.2, -0.15) is 0 Å². The largest absolute Gasteiger partial charge is 0.207 e. The topological polar surface area (TPSA) is 0 Å². The van der Waals surface area contributed by atoms with Crippen molar-refractivity contribution in [1.29, 1.82) is 0 Å². The highest BCUT2D eigenvalue weighted by Gasteiger charge is 2.05. The Hall–Kier alpha value is -0.0800. The number of alkyl halides is 1. The summed E-state index contributed by atoms with van der Waals surface area (Å²) in [5, 5.41) is 0. The maximum Gasteiger partial charge on any atom is 0.129 e. The van der Waals surface area contributed by atoms with Gasteiger partial charge in [0.15, 0.2) is 0 Å². The minimum atomic E-state index is -0.244. The SMILES string of the molecule is Cc1cc(F)c(CCl)c(Br)c1. The third kappa shape index (κ3) is 1.94. The molecule has 0 atom stereocenters. The summed E-state index contributed by atoms with van der Waals surface area (Å²) >= 11 is 8.75. The first-order valence-electron chi connectivity index (χ1n) is 3.15. The summed E-state index contributed by atoms with van der Waals surface area (Å²) in [5.74, 6) is -0.0425. The van der Waals surface area contributed by atoms with Crippen molar-refractivity contribution in [3.8, 4) is 0 Å². The molecule has 0 aromatic heterocycles. The Kier molecular flexibility index (Phi) is 2.90. The molecule has 3 heteroatoms. The van der Waals surface area contributed by atoms with E-state index in [0.29, 0.717) is 5.56 Å². The minimum Gasteiger partial charge on any atom is -0.207 e. The van der Waals surface area contributed by atoms with Gasteiger partial charge in [0.2, 0.25) is 0 Å². The second kappa shape index (κ2) is 3.55. The van der Waals surface area contributed by atoms with Gasteiger partial charge in [0.1, 0.15) is 5.82 Å². The summed E-state index contributed by atoms with van der Waals surface area (Å²) in [5.41, 5.74) is 1.42. The minimum absolute atomic E-state index is 0.201. The summed E-state index contributed by atoms with van der Waals surface area (Å²) in [7, 11) is 0. The lowest BCUT2D eigenvalue weighted by Gasteiger charge is -2.02. The lowest BCUT2D eigenvalue weighted by atomic mass is 10.2. The van der Waals surface area contributed by atoms with Crippen LogP contribution in [0.25, 0.3) is 0 Å². The average molecular weight is 237 g/mol. The van der Waals surface area contributed by atoms with E-state index in [9.17, 15) is 4.39 Å². The maximum atomic E-state index is 13.0. The van der Waals surface area contributed by atoms with Crippen molar-refractivity contribution in [2.45, 2.75) is 12.8 Å². The highest BCUT2D eigenvalue weighted by molar-refractivity contribution is 9.10. The van der Waals surface area contributed by atoms with Crippen LogP contribution in [0.3, 0.4) is 0 Å². The van der Waals surface area contributed by atoms with E-state index in [1.807, 2.05) is 13.0 Å². The van der Waals surface area contributed by atoms with Crippen molar-refractivity contribution in [2.24, 2.45) is 0 Å². The van der Waals surface area contributed by atoms with Crippen LogP contribution in [-0.4, -0.2) is 0 Å². The molecule has 1 aromatic carbocycles. The van der Waals surface area contributed by atoms with E-state index in [2.05, 4.69) is 15.9 Å². The van der Waals surface area contributed by atoms with Crippen molar-refractivity contribution in [3.05, 3.63) is 33.5 Å². The Labute approximate surface area is 78.5 Å². The monoisotopic (exact) mass is 236 g/mol. The number of hydrogen-bond acceptors (Lipinski definition) is 0. The fourth-order valence-electron chi connectivity index (χ4n) is 0.857. The predicted octanol–water partition coefficient (Wildman–Crippen LogP) is 3.64. The first-order valence-corrected chi connectivity index (χ1v) is 4.48. The summed E-state index contributed by atoms with van der Waals surface area (Å²) in [6.07, 6.45) is 0. The third-order valence-electron chi connectivity index (χ3n) is 1.42. The van der Waals surface area contributed by atoms with Gasteiger partial charge >= 0.3 is 0 Å². The third-order valence-corrected chi connectivity index (χ3v) is 2.39. The van der Waals surface area contributed by atoms with Gasteiger partial charge in [-0.1, -0.05) is 15.9 Å². The van der Waals surface area contributed by atoms with Crippen LogP contribution in [0.15, 0.2) is 16.6 Å². The number of benzene rings is 1. The molecule has 0 radical (unpaired) electrons. The molecule has 0 aliphatic carbocycles. The van der Waals surface area contributed by atoms with E-state index in [4.69, 9.17) is 11.6 Å². The van der Waals surface area contributed by atoms with Crippen molar-refractivity contribution < 1.29 is 4.39 Å². The molecule has 0 spiro atoms. The van der Waals surface area contributed by atoms with Gasteiger partial charge in [-0.15, -0.1) is 11.6 Å². The summed E-state index contributed by atoms with van der Waals surface area (Å²) in [6, 6.07) is 3.32. The van der Waals surface area contributed by atoms with Crippen LogP contribution in [0, 0.1) is 12.7 Å². The molecule has 0 aliphatic heterocycles. The van der Waals surface area contributed by atoms with Crippen LogP contribution in [0.2, 0.25) is 0 Å². The van der Waals surface area contributed by atoms with E-state index in [1.54, 1.807) is 0 Å². The molecule has 0 amide bonds. The Balaban J connectivity index is 3.25. The molecule has 0 fully saturated rings. The molecular formula is C8H7BrClF. The molecule has 0 saturated carbocycles. The van der Waals surface area contributed by atoms with Gasteiger partial charge in [-0.3, -0.25) is 0 Å². The molecule has 0 nitrogen and oxygen atoms in total. The smallest absolute Gasteiger partial charge is 0.129 e. The van der Waals surface area contributed by atoms with Gasteiger partial charge in [0.05, 0.1) is 5.88 Å². The molecule has 60 valence electrons. The molecule has 1 aromatic rings. The molecule has 0 N–H and O–H groups in total. The summed E-state index contributed by atoms with van der Waals surface area (Å²) < 4.78 is 13.7. The first kappa shape index (κ1) is 9.01. The summed E-state index contributed by atoms with van der Waals surface area (Å²) in [6.45, 7) is 1.84. The van der Waals surface area contributed by atoms with Gasteiger partial charge in [-0.05, 0) is 24.6 Å². The van der Waals surface area contributed by atoms with Crippen molar-refractivity contribution >= 4 is 27.5 Å². The average Bonchev–Trinajstić information content (AvgIpc) is 1.85. The number of hydrogen-bond donors (Lipinski definition) is 0. The Morgan fingerprint density at radius 2 is 2.18 bits per heavy atom. The zero-order chi connectivity index (χ0) is 8.43. The fourth-order valence-corrected chi connectivity index (χ4v) is 1.98. The molecule has 1 rings (SSSR count). The highest BCUT2D eigenvalue weighted by Crippen LogP contribution is 2.23. The highest BCUT2D eigenvalue weighted by atomic mass is 79.9. The number of rotatable bonds is 1. The lowest BCUT2D eigenvalue weighted by Crippen LogP contribution is -1.89. The van der Waals surface area contributed by atoms with Crippen LogP contribution in [0.4, 0.5) is 4.39 Å². The van der Waals surface area contributed by atoms with Crippen molar-refractivity contribution in [1.82, 2.24) is 0 Å². The summed E-state index contributed by atoms with van der Waals surface area (Å²) in [4.78, 5) is 0. The van der Waals surface area contributed by atoms with Crippen LogP contribution in [0.5, 0.6) is 0 Å². The van der Waals surface area contributed by atoms with E-state index < -0.39 is 0 Å². The molecule has 0 aliphatic rings. The van der Waals surface area contributed by atoms with E-state index in [1.165, 1.54) is 6.07 Å². The molecule has 0 unspecified atom stereocenters. The van der Waals surface area contributed by atoms with Crippen LogP contribution in [-0.2, 0) is 5.88 Å². The Morgan fingerprint density at radius 3 is 2.64 bits per heavy atom. The number of halogens is 3. The second-order valence-electron chi connectivity index (χ2n) is 2.34. The maximum absolute atomic E-state index is 13.0. The van der Waals surface area contributed by atoms with E-state index >= 15 is 0 Å². The zero-order valence-electron chi connectivity index (χ0n) is 6.00. The van der Waals surface area contributed by atoms with Crippen LogP contribution >= 0.6 is 27.5 Å². The number of aryl methyl sites for hydroxylation is 1. The Morgan fingerprint density at radius 1 is 1.55 bits per heavy atom. The molecular weight excluding hydrogens is 230 g/mol. The van der Waals surface area contributed by atoms with Crippen LogP contribution < -0.4 is 0 Å². The van der Waals surface area contributed by atoms with Crippen molar-refractivity contribution in [2.75, 3.05) is 0 Å². The quantitative estimate of drug-likeness (QED) is 0.654. The van der Waals surface area contributed by atoms with Gasteiger partial charge in [0, 0.05) is 10.0 Å². The molecule has 0 bridgehead atoms.